The molecule has 1 aromatic rings. The number of hydrogen-bond acceptors (Lipinski definition) is 2. The largest absolute Gasteiger partial charge is 0.314 e. The second-order valence-corrected chi connectivity index (χ2v) is 4.87. The molecule has 0 radical (unpaired) electrons. The standard InChI is InChI=1S/C12H21NS/c1-4-12(13-5-2)10(3)9-11-7-6-8-14-11/h6-8,10,12-13H,4-5,9H2,1-3H3. The van der Waals surface area contributed by atoms with Gasteiger partial charge >= 0.3 is 0 Å². The molecular formula is C12H21NS. The Bertz CT molecular complexity index is 230. The molecule has 1 N–H and O–H groups in total. The molecule has 0 amide bonds. The Kier molecular flexibility index (Phi) is 5.20. The lowest BCUT2D eigenvalue weighted by Gasteiger charge is -2.22. The highest BCUT2D eigenvalue weighted by atomic mass is 32.1. The SMILES string of the molecule is CCNC(CC)C(C)Cc1cccs1. The van der Waals surface area contributed by atoms with Crippen molar-refractivity contribution in [2.45, 2.75) is 39.7 Å². The molecule has 2 heteroatoms. The fourth-order valence-electron chi connectivity index (χ4n) is 1.90. The molecule has 0 aliphatic rings. The molecule has 1 rings (SSSR count). The minimum absolute atomic E-state index is 0.669. The van der Waals surface area contributed by atoms with Gasteiger partial charge in [-0.05, 0) is 36.8 Å². The molecule has 0 bridgehead atoms. The van der Waals surface area contributed by atoms with Crippen LogP contribution in [0.2, 0.25) is 0 Å². The van der Waals surface area contributed by atoms with Gasteiger partial charge in [-0.1, -0.05) is 26.8 Å². The summed E-state index contributed by atoms with van der Waals surface area (Å²) < 4.78 is 0. The highest BCUT2D eigenvalue weighted by Gasteiger charge is 2.14. The van der Waals surface area contributed by atoms with E-state index in [1.165, 1.54) is 17.7 Å². The van der Waals surface area contributed by atoms with Crippen LogP contribution < -0.4 is 5.32 Å². The lowest BCUT2D eigenvalue weighted by Crippen LogP contribution is -2.35. The average Bonchev–Trinajstić information content (AvgIpc) is 2.66. The highest BCUT2D eigenvalue weighted by Crippen LogP contribution is 2.18. The summed E-state index contributed by atoms with van der Waals surface area (Å²) in [6, 6.07) is 5.04. The van der Waals surface area contributed by atoms with Gasteiger partial charge in [-0.25, -0.2) is 0 Å². The highest BCUT2D eigenvalue weighted by molar-refractivity contribution is 7.09. The zero-order valence-corrected chi connectivity index (χ0v) is 10.2. The van der Waals surface area contributed by atoms with Crippen molar-refractivity contribution < 1.29 is 0 Å². The van der Waals surface area contributed by atoms with Gasteiger partial charge in [0.2, 0.25) is 0 Å². The Morgan fingerprint density at radius 3 is 2.71 bits per heavy atom. The van der Waals surface area contributed by atoms with Crippen molar-refractivity contribution in [2.24, 2.45) is 5.92 Å². The molecule has 1 nitrogen and oxygen atoms in total. The summed E-state index contributed by atoms with van der Waals surface area (Å²) in [6.45, 7) is 7.86. The van der Waals surface area contributed by atoms with E-state index in [9.17, 15) is 0 Å². The van der Waals surface area contributed by atoms with Crippen molar-refractivity contribution >= 4 is 11.3 Å². The Morgan fingerprint density at radius 2 is 2.21 bits per heavy atom. The van der Waals surface area contributed by atoms with E-state index in [0.29, 0.717) is 6.04 Å². The Morgan fingerprint density at radius 1 is 1.43 bits per heavy atom. The first-order valence-corrected chi connectivity index (χ1v) is 6.41. The van der Waals surface area contributed by atoms with Crippen molar-refractivity contribution in [3.63, 3.8) is 0 Å². The van der Waals surface area contributed by atoms with Crippen LogP contribution in [0, 0.1) is 5.92 Å². The first-order valence-electron chi connectivity index (χ1n) is 5.53. The predicted octanol–water partition coefficient (Wildman–Crippen LogP) is 3.31. The van der Waals surface area contributed by atoms with Crippen molar-refractivity contribution in [1.29, 1.82) is 0 Å². The first-order chi connectivity index (χ1) is 6.77. The lowest BCUT2D eigenvalue weighted by atomic mass is 9.95. The Hall–Kier alpha value is -0.340. The molecule has 0 saturated carbocycles. The molecule has 0 spiro atoms. The summed E-state index contributed by atoms with van der Waals surface area (Å²) >= 11 is 1.87. The fourth-order valence-corrected chi connectivity index (χ4v) is 2.75. The van der Waals surface area contributed by atoms with Crippen LogP contribution >= 0.6 is 11.3 Å². The molecule has 0 aliphatic heterocycles. The summed E-state index contributed by atoms with van der Waals surface area (Å²) in [7, 11) is 0. The van der Waals surface area contributed by atoms with Gasteiger partial charge in [0.1, 0.15) is 0 Å². The molecule has 0 fully saturated rings. The molecule has 2 atom stereocenters. The van der Waals surface area contributed by atoms with Gasteiger partial charge < -0.3 is 5.32 Å². The van der Waals surface area contributed by atoms with Crippen molar-refractivity contribution in [3.8, 4) is 0 Å². The monoisotopic (exact) mass is 211 g/mol. The van der Waals surface area contributed by atoms with Crippen LogP contribution in [0.4, 0.5) is 0 Å². The maximum atomic E-state index is 3.55. The maximum Gasteiger partial charge on any atom is 0.00934 e. The molecule has 1 heterocycles. The van der Waals surface area contributed by atoms with Crippen LogP contribution in [0.1, 0.15) is 32.1 Å². The molecule has 1 aromatic heterocycles. The van der Waals surface area contributed by atoms with Gasteiger partial charge in [0.05, 0.1) is 0 Å². The van der Waals surface area contributed by atoms with Gasteiger partial charge in [0.25, 0.3) is 0 Å². The number of hydrogen-bond donors (Lipinski definition) is 1. The predicted molar refractivity (Wildman–Crippen MR) is 64.9 cm³/mol. The third-order valence-electron chi connectivity index (χ3n) is 2.70. The van der Waals surface area contributed by atoms with Crippen LogP contribution in [0.25, 0.3) is 0 Å². The second-order valence-electron chi connectivity index (χ2n) is 3.83. The van der Waals surface area contributed by atoms with Gasteiger partial charge in [-0.15, -0.1) is 11.3 Å². The third kappa shape index (κ3) is 3.43. The maximum absolute atomic E-state index is 3.55. The molecule has 0 saturated heterocycles. The van der Waals surface area contributed by atoms with E-state index >= 15 is 0 Å². The van der Waals surface area contributed by atoms with Crippen LogP contribution in [-0.2, 0) is 6.42 Å². The number of nitrogens with one attached hydrogen (secondary N) is 1. The van der Waals surface area contributed by atoms with E-state index in [1.54, 1.807) is 0 Å². The van der Waals surface area contributed by atoms with Gasteiger partial charge in [-0.3, -0.25) is 0 Å². The van der Waals surface area contributed by atoms with Gasteiger partial charge in [0, 0.05) is 10.9 Å². The minimum atomic E-state index is 0.669. The van der Waals surface area contributed by atoms with Crippen molar-refractivity contribution in [2.75, 3.05) is 6.54 Å². The Balaban J connectivity index is 2.43. The van der Waals surface area contributed by atoms with Crippen LogP contribution in [0.15, 0.2) is 17.5 Å². The first kappa shape index (κ1) is 11.7. The number of thiophene rings is 1. The average molecular weight is 211 g/mol. The topological polar surface area (TPSA) is 12.0 Å². The fraction of sp³-hybridized carbons (Fsp3) is 0.667. The third-order valence-corrected chi connectivity index (χ3v) is 3.60. The summed E-state index contributed by atoms with van der Waals surface area (Å²) in [5.41, 5.74) is 0. The Labute approximate surface area is 91.5 Å². The minimum Gasteiger partial charge on any atom is -0.314 e. The zero-order chi connectivity index (χ0) is 10.4. The van der Waals surface area contributed by atoms with E-state index in [1.807, 2.05) is 11.3 Å². The van der Waals surface area contributed by atoms with Crippen LogP contribution in [0.5, 0.6) is 0 Å². The number of rotatable bonds is 6. The van der Waals surface area contributed by atoms with E-state index in [4.69, 9.17) is 0 Å². The molecule has 80 valence electrons. The molecule has 0 aliphatic carbocycles. The van der Waals surface area contributed by atoms with Crippen molar-refractivity contribution in [1.82, 2.24) is 5.32 Å². The van der Waals surface area contributed by atoms with Crippen LogP contribution in [0.3, 0.4) is 0 Å². The lowest BCUT2D eigenvalue weighted by molar-refractivity contribution is 0.372. The molecule has 2 unspecified atom stereocenters. The normalized spacial score (nSPS) is 15.4. The summed E-state index contributed by atoms with van der Waals surface area (Å²) in [5.74, 6) is 0.735. The summed E-state index contributed by atoms with van der Waals surface area (Å²) in [6.07, 6.45) is 2.43. The molecule has 0 aromatic carbocycles. The summed E-state index contributed by atoms with van der Waals surface area (Å²) in [4.78, 5) is 1.51. The van der Waals surface area contributed by atoms with Gasteiger partial charge in [-0.2, -0.15) is 0 Å². The van der Waals surface area contributed by atoms with E-state index in [-0.39, 0.29) is 0 Å². The quantitative estimate of drug-likeness (QED) is 0.761. The van der Waals surface area contributed by atoms with E-state index < -0.39 is 0 Å². The van der Waals surface area contributed by atoms with E-state index in [2.05, 4.69) is 43.6 Å². The smallest absolute Gasteiger partial charge is 0.00934 e. The van der Waals surface area contributed by atoms with Crippen molar-refractivity contribution in [3.05, 3.63) is 22.4 Å². The summed E-state index contributed by atoms with van der Waals surface area (Å²) in [5, 5.41) is 5.71. The van der Waals surface area contributed by atoms with E-state index in [0.717, 1.165) is 12.5 Å². The van der Waals surface area contributed by atoms with Gasteiger partial charge in [0.15, 0.2) is 0 Å². The molecular weight excluding hydrogens is 190 g/mol. The molecule has 14 heavy (non-hydrogen) atoms. The van der Waals surface area contributed by atoms with Crippen LogP contribution in [-0.4, -0.2) is 12.6 Å². The zero-order valence-electron chi connectivity index (χ0n) is 9.42. The second kappa shape index (κ2) is 6.20.